The van der Waals surface area contributed by atoms with E-state index >= 15 is 0 Å². The topological polar surface area (TPSA) is 64.4 Å². The number of halogens is 4. The molecule has 0 spiro atoms. The van der Waals surface area contributed by atoms with Gasteiger partial charge in [-0.2, -0.15) is 0 Å². The van der Waals surface area contributed by atoms with Gasteiger partial charge in [-0.05, 0) is 63.0 Å². The monoisotopic (exact) mass is 500 g/mol. The van der Waals surface area contributed by atoms with E-state index < -0.39 is 17.5 Å². The van der Waals surface area contributed by atoms with E-state index in [1.807, 2.05) is 0 Å². The van der Waals surface area contributed by atoms with Gasteiger partial charge in [-0.3, -0.25) is 4.79 Å². The van der Waals surface area contributed by atoms with Gasteiger partial charge in [-0.1, -0.05) is 11.2 Å². The minimum absolute atomic E-state index is 0.0204. The standard InChI is InChI=1S/C18H12Br2F2N2O3/c1-9-13(8-26-12-4-2-3-10(21)5-12)16(24-27-9)18(25)23-17-14(19)6-11(22)7-15(17)20/h2-7H,8H2,1H3,(H,23,25). The number of aryl methyl sites for hydroxylation is 1. The molecule has 1 heterocycles. The van der Waals surface area contributed by atoms with Gasteiger partial charge >= 0.3 is 0 Å². The van der Waals surface area contributed by atoms with E-state index in [0.29, 0.717) is 31.7 Å². The first kappa shape index (κ1) is 19.5. The second kappa shape index (κ2) is 8.18. The summed E-state index contributed by atoms with van der Waals surface area (Å²) < 4.78 is 38.0. The lowest BCUT2D eigenvalue weighted by Crippen LogP contribution is -2.16. The quantitative estimate of drug-likeness (QED) is 0.493. The van der Waals surface area contributed by atoms with Gasteiger partial charge in [-0.25, -0.2) is 8.78 Å². The molecule has 1 N–H and O–H groups in total. The summed E-state index contributed by atoms with van der Waals surface area (Å²) in [5.41, 5.74) is 0.789. The Morgan fingerprint density at radius 1 is 1.19 bits per heavy atom. The lowest BCUT2D eigenvalue weighted by Gasteiger charge is -2.10. The van der Waals surface area contributed by atoms with Crippen molar-refractivity contribution in [2.24, 2.45) is 0 Å². The van der Waals surface area contributed by atoms with Crippen molar-refractivity contribution in [2.45, 2.75) is 13.5 Å². The van der Waals surface area contributed by atoms with Crippen LogP contribution in [0, 0.1) is 18.6 Å². The number of hydrogen-bond donors (Lipinski definition) is 1. The molecule has 1 aromatic heterocycles. The molecule has 0 radical (unpaired) electrons. The van der Waals surface area contributed by atoms with Gasteiger partial charge in [0.2, 0.25) is 0 Å². The molecule has 0 aliphatic heterocycles. The second-order valence-corrected chi connectivity index (χ2v) is 7.22. The molecule has 140 valence electrons. The summed E-state index contributed by atoms with van der Waals surface area (Å²) in [5.74, 6) is -0.746. The van der Waals surface area contributed by atoms with E-state index in [1.165, 1.54) is 30.3 Å². The Labute approximate surface area is 169 Å². The van der Waals surface area contributed by atoms with Crippen LogP contribution in [0.15, 0.2) is 49.9 Å². The zero-order valence-electron chi connectivity index (χ0n) is 13.9. The van der Waals surface area contributed by atoms with Crippen LogP contribution in [0.5, 0.6) is 5.75 Å². The molecule has 0 atom stereocenters. The molecule has 0 bridgehead atoms. The molecule has 9 heteroatoms. The van der Waals surface area contributed by atoms with Crippen LogP contribution in [0.3, 0.4) is 0 Å². The van der Waals surface area contributed by atoms with Crippen LogP contribution in [0.25, 0.3) is 0 Å². The Balaban J connectivity index is 1.80. The van der Waals surface area contributed by atoms with Crippen LogP contribution >= 0.6 is 31.9 Å². The second-order valence-electron chi connectivity index (χ2n) is 5.51. The van der Waals surface area contributed by atoms with Gasteiger partial charge in [-0.15, -0.1) is 0 Å². The summed E-state index contributed by atoms with van der Waals surface area (Å²) in [6, 6.07) is 8.09. The first-order valence-electron chi connectivity index (χ1n) is 7.64. The molecule has 2 aromatic carbocycles. The maximum Gasteiger partial charge on any atom is 0.278 e. The normalized spacial score (nSPS) is 10.7. The molecule has 0 saturated heterocycles. The molecular formula is C18H12Br2F2N2O3. The van der Waals surface area contributed by atoms with E-state index in [2.05, 4.69) is 42.3 Å². The first-order chi connectivity index (χ1) is 12.8. The van der Waals surface area contributed by atoms with E-state index in [9.17, 15) is 13.6 Å². The Bertz CT molecular complexity index is 985. The molecule has 5 nitrogen and oxygen atoms in total. The predicted octanol–water partition coefficient (Wildman–Crippen LogP) is 5.62. The third-order valence-electron chi connectivity index (χ3n) is 3.62. The van der Waals surface area contributed by atoms with Gasteiger partial charge in [0.25, 0.3) is 5.91 Å². The molecule has 0 aliphatic rings. The SMILES string of the molecule is Cc1onc(C(=O)Nc2c(Br)cc(F)cc2Br)c1COc1cccc(F)c1. The number of anilines is 1. The van der Waals surface area contributed by atoms with Crippen molar-refractivity contribution in [3.05, 3.63) is 74.0 Å². The van der Waals surface area contributed by atoms with Gasteiger partial charge in [0.1, 0.15) is 29.8 Å². The average Bonchev–Trinajstić information content (AvgIpc) is 2.97. The van der Waals surface area contributed by atoms with E-state index in [4.69, 9.17) is 9.26 Å². The number of amides is 1. The fourth-order valence-electron chi connectivity index (χ4n) is 2.29. The fraction of sp³-hybridized carbons (Fsp3) is 0.111. The van der Waals surface area contributed by atoms with Gasteiger partial charge in [0, 0.05) is 15.0 Å². The third kappa shape index (κ3) is 4.54. The highest BCUT2D eigenvalue weighted by Gasteiger charge is 2.22. The van der Waals surface area contributed by atoms with Crippen LogP contribution in [0.4, 0.5) is 14.5 Å². The van der Waals surface area contributed by atoms with Gasteiger partial charge in [0.05, 0.1) is 11.3 Å². The Morgan fingerprint density at radius 3 is 2.56 bits per heavy atom. The lowest BCUT2D eigenvalue weighted by atomic mass is 10.2. The van der Waals surface area contributed by atoms with E-state index in [0.717, 1.165) is 0 Å². The number of hydrogen-bond acceptors (Lipinski definition) is 4. The third-order valence-corrected chi connectivity index (χ3v) is 4.88. The largest absolute Gasteiger partial charge is 0.489 e. The van der Waals surface area contributed by atoms with Crippen molar-refractivity contribution in [3.8, 4) is 5.75 Å². The van der Waals surface area contributed by atoms with Crippen molar-refractivity contribution >= 4 is 43.5 Å². The molecular weight excluding hydrogens is 490 g/mol. The zero-order valence-corrected chi connectivity index (χ0v) is 17.0. The van der Waals surface area contributed by atoms with Gasteiger partial charge < -0.3 is 14.6 Å². The van der Waals surface area contributed by atoms with Crippen molar-refractivity contribution in [2.75, 3.05) is 5.32 Å². The van der Waals surface area contributed by atoms with Gasteiger partial charge in [0.15, 0.2) is 5.69 Å². The molecule has 27 heavy (non-hydrogen) atoms. The first-order valence-corrected chi connectivity index (χ1v) is 9.23. The van der Waals surface area contributed by atoms with Crippen molar-refractivity contribution in [3.63, 3.8) is 0 Å². The Morgan fingerprint density at radius 2 is 1.89 bits per heavy atom. The zero-order chi connectivity index (χ0) is 19.6. The highest BCUT2D eigenvalue weighted by Crippen LogP contribution is 2.32. The number of rotatable bonds is 5. The minimum Gasteiger partial charge on any atom is -0.489 e. The lowest BCUT2D eigenvalue weighted by molar-refractivity contribution is 0.101. The summed E-state index contributed by atoms with van der Waals surface area (Å²) in [6.07, 6.45) is 0. The number of carbonyl (C=O) groups excluding carboxylic acids is 1. The molecule has 0 aliphatic carbocycles. The Hall–Kier alpha value is -2.26. The molecule has 0 fully saturated rings. The van der Waals surface area contributed by atoms with Crippen molar-refractivity contribution in [1.29, 1.82) is 0 Å². The van der Waals surface area contributed by atoms with Crippen molar-refractivity contribution in [1.82, 2.24) is 5.16 Å². The maximum absolute atomic E-state index is 13.4. The summed E-state index contributed by atoms with van der Waals surface area (Å²) >= 11 is 6.40. The van der Waals surface area contributed by atoms with E-state index in [-0.39, 0.29) is 12.3 Å². The molecule has 1 amide bonds. The summed E-state index contributed by atoms with van der Waals surface area (Å²) in [4.78, 5) is 12.6. The minimum atomic E-state index is -0.558. The predicted molar refractivity (Wildman–Crippen MR) is 102 cm³/mol. The number of aromatic nitrogens is 1. The summed E-state index contributed by atoms with van der Waals surface area (Å²) in [7, 11) is 0. The van der Waals surface area contributed by atoms with Crippen molar-refractivity contribution < 1.29 is 22.8 Å². The fourth-order valence-corrected chi connectivity index (χ4v) is 3.62. The molecule has 3 aromatic rings. The number of ether oxygens (including phenoxy) is 1. The van der Waals surface area contributed by atoms with Crippen LogP contribution in [0.1, 0.15) is 21.8 Å². The number of nitrogens with one attached hydrogen (secondary N) is 1. The van der Waals surface area contributed by atoms with E-state index in [1.54, 1.807) is 13.0 Å². The molecule has 0 saturated carbocycles. The smallest absolute Gasteiger partial charge is 0.278 e. The molecule has 0 unspecified atom stereocenters. The Kier molecular flexibility index (Phi) is 5.91. The van der Waals surface area contributed by atoms with Crippen LogP contribution in [-0.4, -0.2) is 11.1 Å². The average molecular weight is 502 g/mol. The highest BCUT2D eigenvalue weighted by atomic mass is 79.9. The number of carbonyl (C=O) groups is 1. The summed E-state index contributed by atoms with van der Waals surface area (Å²) in [5, 5.41) is 6.42. The van der Waals surface area contributed by atoms with Crippen LogP contribution in [0.2, 0.25) is 0 Å². The van der Waals surface area contributed by atoms with Crippen LogP contribution in [-0.2, 0) is 6.61 Å². The summed E-state index contributed by atoms with van der Waals surface area (Å²) in [6.45, 7) is 1.60. The van der Waals surface area contributed by atoms with Crippen LogP contribution < -0.4 is 10.1 Å². The molecule has 3 rings (SSSR count). The number of nitrogens with zero attached hydrogens (tertiary/aromatic N) is 1. The number of benzene rings is 2. The maximum atomic E-state index is 13.4. The highest BCUT2D eigenvalue weighted by molar-refractivity contribution is 9.11.